The molecule has 1 unspecified atom stereocenters. The van der Waals surface area contributed by atoms with Crippen LogP contribution in [-0.2, 0) is 11.3 Å². The van der Waals surface area contributed by atoms with Crippen LogP contribution < -0.4 is 9.47 Å². The molecule has 0 amide bonds. The van der Waals surface area contributed by atoms with E-state index in [0.717, 1.165) is 11.4 Å². The number of aromatic nitrogens is 1. The van der Waals surface area contributed by atoms with Gasteiger partial charge < -0.3 is 18.8 Å². The van der Waals surface area contributed by atoms with Crippen LogP contribution in [0.1, 0.15) is 31.4 Å². The van der Waals surface area contributed by atoms with Crippen molar-refractivity contribution in [2.75, 3.05) is 13.2 Å². The van der Waals surface area contributed by atoms with E-state index in [4.69, 9.17) is 14.2 Å². The molecular formula is C22H20N2O7S. The lowest BCUT2D eigenvalue weighted by atomic mass is 10.1. The van der Waals surface area contributed by atoms with Crippen molar-refractivity contribution in [3.63, 3.8) is 0 Å². The molecule has 1 aromatic carbocycles. The lowest BCUT2D eigenvalue weighted by Crippen LogP contribution is -2.33. The first-order valence-electron chi connectivity index (χ1n) is 9.83. The van der Waals surface area contributed by atoms with Crippen LogP contribution in [0.5, 0.6) is 11.5 Å². The molecule has 32 heavy (non-hydrogen) atoms. The van der Waals surface area contributed by atoms with E-state index in [2.05, 4.69) is 0 Å². The molecule has 0 aliphatic carbocycles. The average Bonchev–Trinajstić information content (AvgIpc) is 3.38. The van der Waals surface area contributed by atoms with Crippen LogP contribution in [0.4, 0.5) is 5.00 Å². The molecule has 9 nitrogen and oxygen atoms in total. The van der Waals surface area contributed by atoms with Gasteiger partial charge >= 0.3 is 11.0 Å². The smallest absolute Gasteiger partial charge is 0.349 e. The first kappa shape index (κ1) is 21.6. The number of Topliss-reactive ketones (excluding diaryl/α,β-unsaturated/α-hetero) is 1. The third-order valence-electron chi connectivity index (χ3n) is 5.14. The van der Waals surface area contributed by atoms with Gasteiger partial charge in [-0.25, -0.2) is 4.79 Å². The van der Waals surface area contributed by atoms with Gasteiger partial charge in [-0.3, -0.25) is 14.9 Å². The fraction of sp³-hybridized carbons (Fsp3) is 0.273. The Hall–Kier alpha value is -3.66. The number of carbonyl (C=O) groups is 2. The number of carbonyl (C=O) groups excluding carboxylic acids is 2. The SMILES string of the molecule is Cc1cc(C(=O)COC(=O)c2ccc([N+](=O)[O-])s2)c(C)n1CC1COc2ccccc2O1. The zero-order valence-corrected chi connectivity index (χ0v) is 18.2. The summed E-state index contributed by atoms with van der Waals surface area (Å²) in [5, 5.41) is 10.6. The van der Waals surface area contributed by atoms with Crippen molar-refractivity contribution >= 4 is 28.1 Å². The summed E-state index contributed by atoms with van der Waals surface area (Å²) in [6, 6.07) is 11.8. The number of aryl methyl sites for hydroxylation is 1. The number of para-hydroxylation sites is 2. The lowest BCUT2D eigenvalue weighted by Gasteiger charge is -2.27. The van der Waals surface area contributed by atoms with Gasteiger partial charge in [-0.05, 0) is 38.1 Å². The lowest BCUT2D eigenvalue weighted by molar-refractivity contribution is -0.380. The van der Waals surface area contributed by atoms with Gasteiger partial charge in [0, 0.05) is 23.0 Å². The summed E-state index contributed by atoms with van der Waals surface area (Å²) in [5.41, 5.74) is 2.05. The molecule has 166 valence electrons. The van der Waals surface area contributed by atoms with Crippen LogP contribution in [0.25, 0.3) is 0 Å². The molecule has 4 rings (SSSR count). The van der Waals surface area contributed by atoms with Gasteiger partial charge in [-0.1, -0.05) is 23.5 Å². The number of hydrogen-bond acceptors (Lipinski definition) is 8. The minimum atomic E-state index is -0.767. The van der Waals surface area contributed by atoms with Crippen molar-refractivity contribution in [2.24, 2.45) is 0 Å². The molecular weight excluding hydrogens is 436 g/mol. The van der Waals surface area contributed by atoms with Gasteiger partial charge in [0.15, 0.2) is 24.2 Å². The maximum absolute atomic E-state index is 12.7. The highest BCUT2D eigenvalue weighted by atomic mass is 32.1. The van der Waals surface area contributed by atoms with E-state index in [1.807, 2.05) is 42.7 Å². The summed E-state index contributed by atoms with van der Waals surface area (Å²) in [4.78, 5) is 35.0. The van der Waals surface area contributed by atoms with Crippen molar-refractivity contribution in [2.45, 2.75) is 26.5 Å². The van der Waals surface area contributed by atoms with Crippen LogP contribution in [0.3, 0.4) is 0 Å². The zero-order valence-electron chi connectivity index (χ0n) is 17.4. The minimum absolute atomic E-state index is 0.0738. The van der Waals surface area contributed by atoms with E-state index < -0.39 is 17.5 Å². The maximum Gasteiger partial charge on any atom is 0.349 e. The van der Waals surface area contributed by atoms with E-state index >= 15 is 0 Å². The molecule has 3 heterocycles. The third-order valence-corrected chi connectivity index (χ3v) is 6.15. The average molecular weight is 456 g/mol. The van der Waals surface area contributed by atoms with Crippen LogP contribution >= 0.6 is 11.3 Å². The Kier molecular flexibility index (Phi) is 5.95. The van der Waals surface area contributed by atoms with Crippen molar-refractivity contribution in [1.82, 2.24) is 4.57 Å². The molecule has 1 aliphatic rings. The van der Waals surface area contributed by atoms with E-state index in [9.17, 15) is 19.7 Å². The summed E-state index contributed by atoms with van der Waals surface area (Å²) in [7, 11) is 0. The second-order valence-electron chi connectivity index (χ2n) is 7.29. The number of rotatable bonds is 7. The number of nitrogens with zero attached hydrogens (tertiary/aromatic N) is 2. The number of thiophene rings is 1. The molecule has 1 aliphatic heterocycles. The zero-order chi connectivity index (χ0) is 22.8. The Bertz CT molecular complexity index is 1200. The number of benzene rings is 1. The van der Waals surface area contributed by atoms with Gasteiger partial charge in [-0.15, -0.1) is 0 Å². The highest BCUT2D eigenvalue weighted by molar-refractivity contribution is 7.17. The number of esters is 1. The Labute approximate surface area is 187 Å². The monoisotopic (exact) mass is 456 g/mol. The second-order valence-corrected chi connectivity index (χ2v) is 8.35. The normalized spacial score (nSPS) is 14.8. The molecule has 0 bridgehead atoms. The molecule has 3 aromatic rings. The van der Waals surface area contributed by atoms with Crippen molar-refractivity contribution in [3.05, 3.63) is 74.4 Å². The van der Waals surface area contributed by atoms with Crippen LogP contribution in [0.2, 0.25) is 0 Å². The van der Waals surface area contributed by atoms with E-state index in [1.54, 1.807) is 6.07 Å². The van der Waals surface area contributed by atoms with Gasteiger partial charge in [0.25, 0.3) is 0 Å². The number of fused-ring (bicyclic) bond motifs is 1. The first-order chi connectivity index (χ1) is 15.3. The number of ether oxygens (including phenoxy) is 3. The van der Waals surface area contributed by atoms with Gasteiger partial charge in [0.2, 0.25) is 5.78 Å². The number of hydrogen-bond donors (Lipinski definition) is 0. The largest absolute Gasteiger partial charge is 0.486 e. The predicted molar refractivity (Wildman–Crippen MR) is 116 cm³/mol. The summed E-state index contributed by atoms with van der Waals surface area (Å²) in [6.45, 7) is 4.14. The standard InChI is InChI=1S/C22H20N2O7S/c1-13-9-16(17(25)12-30-22(26)20-7-8-21(32-20)24(27)28)14(2)23(13)10-15-11-29-18-5-3-4-6-19(18)31-15/h3-9,15H,10-12H2,1-2H3. The molecule has 2 aromatic heterocycles. The molecule has 0 saturated carbocycles. The quantitative estimate of drug-likeness (QED) is 0.229. The summed E-state index contributed by atoms with van der Waals surface area (Å²) >= 11 is 0.706. The fourth-order valence-electron chi connectivity index (χ4n) is 3.54. The fourth-order valence-corrected chi connectivity index (χ4v) is 4.25. The van der Waals surface area contributed by atoms with E-state index in [1.165, 1.54) is 12.1 Å². The highest BCUT2D eigenvalue weighted by Crippen LogP contribution is 2.31. The molecule has 0 spiro atoms. The van der Waals surface area contributed by atoms with E-state index in [0.29, 0.717) is 41.6 Å². The molecule has 0 N–H and O–H groups in total. The Morgan fingerprint density at radius 1 is 1.22 bits per heavy atom. The maximum atomic E-state index is 12.7. The Morgan fingerprint density at radius 3 is 2.69 bits per heavy atom. The molecule has 1 atom stereocenters. The van der Waals surface area contributed by atoms with Gasteiger partial charge in [-0.2, -0.15) is 0 Å². The van der Waals surface area contributed by atoms with Crippen molar-refractivity contribution in [3.8, 4) is 11.5 Å². The molecule has 0 fully saturated rings. The van der Waals surface area contributed by atoms with E-state index in [-0.39, 0.29) is 21.8 Å². The number of nitro groups is 1. The highest BCUT2D eigenvalue weighted by Gasteiger charge is 2.24. The van der Waals surface area contributed by atoms with Crippen LogP contribution in [0, 0.1) is 24.0 Å². The third kappa shape index (κ3) is 4.35. The van der Waals surface area contributed by atoms with Crippen LogP contribution in [0.15, 0.2) is 42.5 Å². The molecule has 10 heteroatoms. The first-order valence-corrected chi connectivity index (χ1v) is 10.6. The summed E-state index contributed by atoms with van der Waals surface area (Å²) in [6.07, 6.45) is -0.218. The Morgan fingerprint density at radius 2 is 1.97 bits per heavy atom. The predicted octanol–water partition coefficient (Wildman–Crippen LogP) is 3.95. The Balaban J connectivity index is 1.40. The van der Waals surface area contributed by atoms with Crippen LogP contribution in [-0.4, -0.2) is 40.6 Å². The molecule has 0 radical (unpaired) electrons. The van der Waals surface area contributed by atoms with Crippen molar-refractivity contribution < 1.29 is 28.7 Å². The second kappa shape index (κ2) is 8.83. The van der Waals surface area contributed by atoms with Gasteiger partial charge in [0.05, 0.1) is 11.5 Å². The summed E-state index contributed by atoms with van der Waals surface area (Å²) < 4.78 is 18.8. The van der Waals surface area contributed by atoms with Crippen molar-refractivity contribution in [1.29, 1.82) is 0 Å². The summed E-state index contributed by atoms with van der Waals surface area (Å²) in [5.74, 6) is 0.272. The minimum Gasteiger partial charge on any atom is -0.486 e. The molecule has 0 saturated heterocycles. The van der Waals surface area contributed by atoms with Gasteiger partial charge in [0.1, 0.15) is 11.5 Å². The number of ketones is 1. The topological polar surface area (TPSA) is 110 Å².